The first-order valence-electron chi connectivity index (χ1n) is 1.77. The van der Waals surface area contributed by atoms with Crippen LogP contribution in [0, 0.1) is 0 Å². The molecule has 0 aliphatic heterocycles. The van der Waals surface area contributed by atoms with Gasteiger partial charge in [-0.1, -0.05) is 0 Å². The maximum atomic E-state index is 9.25. The molecule has 8 heavy (non-hydrogen) atoms. The minimum atomic E-state index is -1.81. The van der Waals surface area contributed by atoms with E-state index in [0.29, 0.717) is 6.29 Å². The predicted octanol–water partition coefficient (Wildman–Crippen LogP) is -0.674. The molecule has 0 bridgehead atoms. The Morgan fingerprint density at radius 3 is 1.75 bits per heavy atom. The van der Waals surface area contributed by atoms with Crippen molar-refractivity contribution in [3.8, 4) is 0 Å². The van der Waals surface area contributed by atoms with E-state index in [2.05, 4.69) is 0 Å². The van der Waals surface area contributed by atoms with E-state index >= 15 is 0 Å². The Bertz CT molecular complexity index is 83.3. The van der Waals surface area contributed by atoms with E-state index in [-0.39, 0.29) is 0 Å². The van der Waals surface area contributed by atoms with Crippen molar-refractivity contribution in [3.05, 3.63) is 0 Å². The van der Waals surface area contributed by atoms with Crippen LogP contribution in [0.1, 0.15) is 6.92 Å². The molecule has 0 amide bonds. The zero-order chi connectivity index (χ0) is 6.99. The van der Waals surface area contributed by atoms with Gasteiger partial charge in [0.2, 0.25) is 0 Å². The van der Waals surface area contributed by atoms with E-state index in [9.17, 15) is 4.79 Å². The topological polar surface area (TPSA) is 71.4 Å². The third-order valence-electron chi connectivity index (χ3n) is 0.197. The third-order valence-corrected chi connectivity index (χ3v) is 0.197. The number of carbonyl (C=O) groups is 1. The Morgan fingerprint density at radius 1 is 1.62 bits per heavy atom. The molecule has 0 saturated heterocycles. The van der Waals surface area contributed by atoms with Gasteiger partial charge in [-0.05, 0) is 6.92 Å². The van der Waals surface area contributed by atoms with Gasteiger partial charge in [-0.25, -0.2) is 0 Å². The van der Waals surface area contributed by atoms with E-state index in [0.717, 1.165) is 0 Å². The summed E-state index contributed by atoms with van der Waals surface area (Å²) in [6, 6.07) is 0. The van der Waals surface area contributed by atoms with E-state index in [1.54, 1.807) is 0 Å². The van der Waals surface area contributed by atoms with Crippen molar-refractivity contribution in [2.24, 2.45) is 0 Å². The Hall–Kier alpha value is -0.186. The van der Waals surface area contributed by atoms with Crippen LogP contribution in [-0.4, -0.2) is 17.5 Å². The van der Waals surface area contributed by atoms with E-state index in [1.165, 1.54) is 6.92 Å². The predicted molar refractivity (Wildman–Crippen MR) is 19.1 cm³/mol. The SMILES string of the molecule is CC(O)C=O.[O]=[V]=[O]. The molecule has 0 aromatic carbocycles. The van der Waals surface area contributed by atoms with Gasteiger partial charge < -0.3 is 9.90 Å². The molecule has 1 atom stereocenters. The third kappa shape index (κ3) is 40.9. The molecule has 0 spiro atoms. The van der Waals surface area contributed by atoms with Crippen molar-refractivity contribution < 1.29 is 33.4 Å². The molecule has 0 aromatic heterocycles. The summed E-state index contributed by atoms with van der Waals surface area (Å²) in [5.74, 6) is 0. The molecule has 0 heterocycles. The number of carbonyl (C=O) groups excluding carboxylic acids is 1. The molecule has 1 N–H and O–H groups in total. The maximum absolute atomic E-state index is 9.25. The van der Waals surface area contributed by atoms with Gasteiger partial charge in [-0.3, -0.25) is 0 Å². The van der Waals surface area contributed by atoms with Crippen LogP contribution in [0.3, 0.4) is 0 Å². The Morgan fingerprint density at radius 2 is 1.75 bits per heavy atom. The molecule has 5 heteroatoms. The average Bonchev–Trinajstić information content (AvgIpc) is 1.69. The van der Waals surface area contributed by atoms with Crippen LogP contribution in [0.15, 0.2) is 0 Å². The molecular weight excluding hydrogens is 151 g/mol. The van der Waals surface area contributed by atoms with Gasteiger partial charge in [0.15, 0.2) is 0 Å². The van der Waals surface area contributed by atoms with Gasteiger partial charge in [-0.2, -0.15) is 0 Å². The molecule has 1 unspecified atom stereocenters. The zero-order valence-corrected chi connectivity index (χ0v) is 5.67. The van der Waals surface area contributed by atoms with E-state index in [4.69, 9.17) is 12.5 Å². The average molecular weight is 157 g/mol. The molecule has 0 fully saturated rings. The first-order chi connectivity index (χ1) is 3.68. The van der Waals surface area contributed by atoms with Gasteiger partial charge in [-0.15, -0.1) is 0 Å². The molecule has 0 saturated carbocycles. The van der Waals surface area contributed by atoms with Gasteiger partial charge in [0.05, 0.1) is 0 Å². The number of hydrogen-bond donors (Lipinski definition) is 1. The fraction of sp³-hybridized carbons (Fsp3) is 0.667. The second kappa shape index (κ2) is 9.94. The summed E-state index contributed by atoms with van der Waals surface area (Å²) in [6.45, 7) is 1.41. The molecule has 47 valence electrons. The number of aldehydes is 1. The van der Waals surface area contributed by atoms with Crippen LogP contribution in [0.25, 0.3) is 0 Å². The number of hydrogen-bond acceptors (Lipinski definition) is 4. The monoisotopic (exact) mass is 157 g/mol. The van der Waals surface area contributed by atoms with Crippen LogP contribution in [-0.2, 0) is 28.3 Å². The molecule has 0 radical (unpaired) electrons. The van der Waals surface area contributed by atoms with Crippen molar-refractivity contribution in [2.45, 2.75) is 13.0 Å². The molecule has 4 nitrogen and oxygen atoms in total. The summed E-state index contributed by atoms with van der Waals surface area (Å²) < 4.78 is 16.9. The quantitative estimate of drug-likeness (QED) is 0.512. The fourth-order valence-corrected chi connectivity index (χ4v) is 0. The van der Waals surface area contributed by atoms with Crippen molar-refractivity contribution in [1.82, 2.24) is 0 Å². The summed E-state index contributed by atoms with van der Waals surface area (Å²) in [6.07, 6.45) is -0.324. The van der Waals surface area contributed by atoms with Gasteiger partial charge in [0, 0.05) is 0 Å². The van der Waals surface area contributed by atoms with E-state index in [1.807, 2.05) is 0 Å². The number of aliphatic hydroxyl groups excluding tert-OH is 1. The summed E-state index contributed by atoms with van der Waals surface area (Å²) in [4.78, 5) is 9.25. The fourth-order valence-electron chi connectivity index (χ4n) is 0. The summed E-state index contributed by atoms with van der Waals surface area (Å²) in [5.41, 5.74) is 0. The first-order valence-corrected chi connectivity index (χ1v) is 2.91. The van der Waals surface area contributed by atoms with Crippen molar-refractivity contribution >= 4 is 6.29 Å². The van der Waals surface area contributed by atoms with Crippen LogP contribution in [0.5, 0.6) is 0 Å². The van der Waals surface area contributed by atoms with Gasteiger partial charge >= 0.3 is 23.5 Å². The summed E-state index contributed by atoms with van der Waals surface area (Å²) in [5, 5.41) is 7.99. The van der Waals surface area contributed by atoms with Crippen LogP contribution in [0.4, 0.5) is 0 Å². The number of aliphatic hydroxyl groups is 1. The van der Waals surface area contributed by atoms with Crippen LogP contribution in [0.2, 0.25) is 0 Å². The molecular formula is C3H6O4V. The number of rotatable bonds is 1. The summed E-state index contributed by atoms with van der Waals surface area (Å²) >= 11 is -1.81. The second-order valence-electron chi connectivity index (χ2n) is 0.951. The molecule has 0 aromatic rings. The zero-order valence-electron chi connectivity index (χ0n) is 4.27. The van der Waals surface area contributed by atoms with Gasteiger partial charge in [0.25, 0.3) is 0 Å². The van der Waals surface area contributed by atoms with Crippen LogP contribution < -0.4 is 0 Å². The molecule has 0 aliphatic carbocycles. The van der Waals surface area contributed by atoms with Gasteiger partial charge in [0.1, 0.15) is 12.4 Å². The normalized spacial score (nSPS) is 9.75. The Balaban J connectivity index is 0. The first kappa shape index (κ1) is 10.7. The molecule has 0 aliphatic rings. The van der Waals surface area contributed by atoms with Crippen molar-refractivity contribution in [3.63, 3.8) is 0 Å². The standard InChI is InChI=1S/C3H6O2.2O.V/c1-3(5)2-4;;;/h2-3,5H,1H3;;;. The Kier molecular flexibility index (Phi) is 13.3. The summed E-state index contributed by atoms with van der Waals surface area (Å²) in [7, 11) is 0. The van der Waals surface area contributed by atoms with E-state index < -0.39 is 22.3 Å². The Labute approximate surface area is 53.4 Å². The van der Waals surface area contributed by atoms with Crippen molar-refractivity contribution in [1.29, 1.82) is 0 Å². The van der Waals surface area contributed by atoms with Crippen molar-refractivity contribution in [2.75, 3.05) is 0 Å². The second-order valence-corrected chi connectivity index (χ2v) is 1.18. The van der Waals surface area contributed by atoms with Crippen LogP contribution >= 0.6 is 0 Å². The molecule has 0 rings (SSSR count). The minimum absolute atomic E-state index is 0.472.